The average Bonchev–Trinajstić information content (AvgIpc) is 2.44. The highest BCUT2D eigenvalue weighted by atomic mass is 35.6. The topological polar surface area (TPSA) is 61.5 Å². The molecule has 0 aromatic rings. The molecule has 0 bridgehead atoms. The Hall–Kier alpha value is 0.610. The number of allylic oxidation sites excluding steroid dienone is 2. The fourth-order valence-corrected chi connectivity index (χ4v) is 2.52. The minimum Gasteiger partial charge on any atom is -0.371 e. The lowest BCUT2D eigenvalue weighted by molar-refractivity contribution is -0.0232. The van der Waals surface area contributed by atoms with Gasteiger partial charge in [0, 0.05) is 31.6 Å². The predicted molar refractivity (Wildman–Crippen MR) is 97.7 cm³/mol. The molecule has 0 amide bonds. The Kier molecular flexibility index (Phi) is 10.1. The second kappa shape index (κ2) is 9.80. The quantitative estimate of drug-likeness (QED) is 0.477. The molecule has 1 aliphatic rings. The van der Waals surface area contributed by atoms with E-state index in [9.17, 15) is 5.11 Å². The molecular formula is C13H22Cl5N3O. The minimum atomic E-state index is -2.00. The largest absolute Gasteiger partial charge is 0.371 e. The lowest BCUT2D eigenvalue weighted by Crippen LogP contribution is -2.63. The highest BCUT2D eigenvalue weighted by Gasteiger charge is 2.49. The van der Waals surface area contributed by atoms with Gasteiger partial charge >= 0.3 is 0 Å². The van der Waals surface area contributed by atoms with E-state index < -0.39 is 21.7 Å². The van der Waals surface area contributed by atoms with E-state index in [1.807, 2.05) is 13.8 Å². The van der Waals surface area contributed by atoms with Gasteiger partial charge in [-0.05, 0) is 12.2 Å². The summed E-state index contributed by atoms with van der Waals surface area (Å²) in [5.41, 5.74) is 3.86. The molecule has 1 heterocycles. The first kappa shape index (κ1) is 22.6. The smallest absolute Gasteiger partial charge is 0.232 e. The summed E-state index contributed by atoms with van der Waals surface area (Å²) >= 11 is 29.4. The molecule has 0 fully saturated rings. The number of likely N-dealkylation sites (N-methyl/N-ethyl adjacent to an activating group) is 1. The fraction of sp³-hybridized carbons (Fsp3) is 0.692. The number of nitrogens with two attached hydrogens (primary N) is 1. The third kappa shape index (κ3) is 6.25. The zero-order valence-corrected chi connectivity index (χ0v) is 16.4. The summed E-state index contributed by atoms with van der Waals surface area (Å²) in [6.07, 6.45) is 4.62. The molecule has 0 radical (unpaired) electrons. The molecule has 22 heavy (non-hydrogen) atoms. The van der Waals surface area contributed by atoms with Gasteiger partial charge in [0.15, 0.2) is 5.72 Å². The SMILES string of the molecule is CC.CN1C=CC=C(Cl)C1NC(O)(CC(N)CCl)C(Cl)(Cl)Cl. The van der Waals surface area contributed by atoms with Crippen LogP contribution in [0.25, 0.3) is 0 Å². The first-order valence-electron chi connectivity index (χ1n) is 6.75. The molecule has 0 saturated heterocycles. The summed E-state index contributed by atoms with van der Waals surface area (Å²) in [5.74, 6) is 0.120. The van der Waals surface area contributed by atoms with Crippen molar-refractivity contribution in [3.63, 3.8) is 0 Å². The Morgan fingerprint density at radius 2 is 1.95 bits per heavy atom. The number of nitrogens with zero attached hydrogens (tertiary/aromatic N) is 1. The molecule has 3 unspecified atom stereocenters. The molecule has 4 nitrogen and oxygen atoms in total. The van der Waals surface area contributed by atoms with Crippen molar-refractivity contribution in [3.05, 3.63) is 23.4 Å². The molecular weight excluding hydrogens is 391 g/mol. The average molecular weight is 414 g/mol. The normalized spacial score (nSPS) is 22.4. The van der Waals surface area contributed by atoms with Crippen LogP contribution in [0.15, 0.2) is 23.4 Å². The summed E-state index contributed by atoms with van der Waals surface area (Å²) < 4.78 is -2.00. The lowest BCUT2D eigenvalue weighted by atomic mass is 10.1. The summed E-state index contributed by atoms with van der Waals surface area (Å²) in [6.45, 7) is 4.00. The number of aliphatic hydroxyl groups is 1. The summed E-state index contributed by atoms with van der Waals surface area (Å²) in [7, 11) is 1.77. The van der Waals surface area contributed by atoms with Crippen molar-refractivity contribution in [2.75, 3.05) is 12.9 Å². The van der Waals surface area contributed by atoms with Gasteiger partial charge in [-0.25, -0.2) is 0 Å². The van der Waals surface area contributed by atoms with Crippen molar-refractivity contribution in [1.82, 2.24) is 10.2 Å². The second-order valence-corrected chi connectivity index (χ2v) is 7.61. The van der Waals surface area contributed by atoms with Gasteiger partial charge in [0.1, 0.15) is 6.17 Å². The Labute approximate surface area is 157 Å². The van der Waals surface area contributed by atoms with Crippen LogP contribution in [0.1, 0.15) is 20.3 Å². The second-order valence-electron chi connectivity index (χ2n) is 4.58. The molecule has 0 spiro atoms. The van der Waals surface area contributed by atoms with E-state index in [1.165, 1.54) is 0 Å². The van der Waals surface area contributed by atoms with Gasteiger partial charge in [-0.3, -0.25) is 5.32 Å². The van der Waals surface area contributed by atoms with Crippen molar-refractivity contribution < 1.29 is 5.11 Å². The first-order valence-corrected chi connectivity index (χ1v) is 8.79. The number of nitrogens with one attached hydrogen (secondary N) is 1. The number of hydrogen-bond acceptors (Lipinski definition) is 4. The summed E-state index contributed by atoms with van der Waals surface area (Å²) in [4.78, 5) is 1.73. The highest BCUT2D eigenvalue weighted by Crippen LogP contribution is 2.40. The van der Waals surface area contributed by atoms with E-state index >= 15 is 0 Å². The number of halogens is 5. The number of alkyl halides is 4. The zero-order chi connectivity index (χ0) is 17.6. The van der Waals surface area contributed by atoms with Crippen molar-refractivity contribution in [2.24, 2.45) is 5.73 Å². The van der Waals surface area contributed by atoms with Gasteiger partial charge in [0.25, 0.3) is 0 Å². The van der Waals surface area contributed by atoms with Crippen LogP contribution in [-0.2, 0) is 0 Å². The standard InChI is InChI=1S/C11H16Cl5N3O.C2H6/c1-19-4-2-3-8(13)9(19)18-10(20,11(14,15)16)5-7(17)6-12;1-2/h2-4,7,9,18,20H,5-6,17H2,1H3;1-2H3. The molecule has 0 aliphatic carbocycles. The molecule has 0 saturated carbocycles. The zero-order valence-electron chi connectivity index (χ0n) is 12.7. The van der Waals surface area contributed by atoms with Gasteiger partial charge < -0.3 is 15.7 Å². The molecule has 9 heteroatoms. The Balaban J connectivity index is 0.00000211. The Bertz CT molecular complexity index is 400. The van der Waals surface area contributed by atoms with Gasteiger partial charge in [-0.2, -0.15) is 0 Å². The van der Waals surface area contributed by atoms with Crippen molar-refractivity contribution in [3.8, 4) is 0 Å². The maximum atomic E-state index is 10.7. The van der Waals surface area contributed by atoms with E-state index in [1.54, 1.807) is 30.3 Å². The summed E-state index contributed by atoms with van der Waals surface area (Å²) in [6, 6.07) is -0.544. The van der Waals surface area contributed by atoms with Crippen molar-refractivity contribution in [1.29, 1.82) is 0 Å². The third-order valence-electron chi connectivity index (χ3n) is 2.85. The minimum absolute atomic E-state index is 0.0504. The van der Waals surface area contributed by atoms with E-state index in [2.05, 4.69) is 5.32 Å². The van der Waals surface area contributed by atoms with Crippen LogP contribution in [0.4, 0.5) is 0 Å². The molecule has 130 valence electrons. The van der Waals surface area contributed by atoms with Crippen LogP contribution in [0, 0.1) is 0 Å². The van der Waals surface area contributed by atoms with Crippen LogP contribution in [0.2, 0.25) is 0 Å². The van der Waals surface area contributed by atoms with Gasteiger partial charge in [0.05, 0.1) is 5.03 Å². The maximum absolute atomic E-state index is 10.7. The molecule has 0 aromatic carbocycles. The summed E-state index contributed by atoms with van der Waals surface area (Å²) in [5, 5.41) is 13.9. The Morgan fingerprint density at radius 1 is 1.41 bits per heavy atom. The molecule has 1 rings (SSSR count). The molecule has 0 aromatic heterocycles. The van der Waals surface area contributed by atoms with Gasteiger partial charge in [0.2, 0.25) is 3.79 Å². The molecule has 4 N–H and O–H groups in total. The molecule has 1 aliphatic heterocycles. The van der Waals surface area contributed by atoms with Crippen molar-refractivity contribution >= 4 is 58.0 Å². The van der Waals surface area contributed by atoms with Crippen molar-refractivity contribution in [2.45, 2.75) is 42.0 Å². The van der Waals surface area contributed by atoms with E-state index in [4.69, 9.17) is 63.7 Å². The Morgan fingerprint density at radius 3 is 2.36 bits per heavy atom. The molecule has 3 atom stereocenters. The van der Waals surface area contributed by atoms with Crippen LogP contribution in [0.3, 0.4) is 0 Å². The maximum Gasteiger partial charge on any atom is 0.232 e. The fourth-order valence-electron chi connectivity index (χ4n) is 1.73. The van der Waals surface area contributed by atoms with Crippen LogP contribution >= 0.6 is 58.0 Å². The third-order valence-corrected chi connectivity index (χ3v) is 4.51. The van der Waals surface area contributed by atoms with Crippen LogP contribution < -0.4 is 11.1 Å². The van der Waals surface area contributed by atoms with E-state index in [0.717, 1.165) is 0 Å². The van der Waals surface area contributed by atoms with Gasteiger partial charge in [-0.15, -0.1) is 11.6 Å². The van der Waals surface area contributed by atoms with Gasteiger partial charge in [-0.1, -0.05) is 60.3 Å². The van der Waals surface area contributed by atoms with E-state index in [-0.39, 0.29) is 12.3 Å². The predicted octanol–water partition coefficient (Wildman–Crippen LogP) is 3.53. The van der Waals surface area contributed by atoms with E-state index in [0.29, 0.717) is 5.03 Å². The lowest BCUT2D eigenvalue weighted by Gasteiger charge is -2.42. The highest BCUT2D eigenvalue weighted by molar-refractivity contribution is 6.68. The number of rotatable bonds is 5. The van der Waals surface area contributed by atoms with Crippen LogP contribution in [-0.4, -0.2) is 44.7 Å². The number of hydrogen-bond donors (Lipinski definition) is 3. The monoisotopic (exact) mass is 411 g/mol. The first-order chi connectivity index (χ1) is 10.1. The van der Waals surface area contributed by atoms with Crippen LogP contribution in [0.5, 0.6) is 0 Å².